The normalized spacial score (nSPS) is 13.6. The summed E-state index contributed by atoms with van der Waals surface area (Å²) >= 11 is 3.37. The summed E-state index contributed by atoms with van der Waals surface area (Å²) in [6.45, 7) is 6.28. The first-order chi connectivity index (χ1) is 8.03. The topological polar surface area (TPSA) is 35.5 Å². The average molecular weight is 321 g/mol. The summed E-state index contributed by atoms with van der Waals surface area (Å²) in [5.41, 5.74) is 0.703. The molecule has 0 amide bonds. The zero-order valence-electron chi connectivity index (χ0n) is 10.4. The molecule has 5 heteroatoms. The van der Waals surface area contributed by atoms with E-state index in [0.717, 1.165) is 10.0 Å². The van der Waals surface area contributed by atoms with Crippen molar-refractivity contribution in [2.75, 3.05) is 13.2 Å². The van der Waals surface area contributed by atoms with Crippen LogP contribution in [0.3, 0.4) is 0 Å². The van der Waals surface area contributed by atoms with E-state index < -0.39 is 7.60 Å². The molecule has 0 aliphatic rings. The molecule has 1 unspecified atom stereocenters. The third-order valence-corrected chi connectivity index (χ3v) is 5.46. The Hall–Kier alpha value is -0.150. The second kappa shape index (κ2) is 6.69. The molecule has 0 aromatic heterocycles. The maximum absolute atomic E-state index is 12.5. The highest BCUT2D eigenvalue weighted by molar-refractivity contribution is 9.10. The molecule has 0 saturated carbocycles. The van der Waals surface area contributed by atoms with Crippen LogP contribution < -0.4 is 0 Å². The lowest BCUT2D eigenvalue weighted by molar-refractivity contribution is 0.213. The molecule has 17 heavy (non-hydrogen) atoms. The number of rotatable bonds is 6. The zero-order valence-corrected chi connectivity index (χ0v) is 12.8. The van der Waals surface area contributed by atoms with Crippen molar-refractivity contribution in [2.24, 2.45) is 0 Å². The quantitative estimate of drug-likeness (QED) is 0.708. The van der Waals surface area contributed by atoms with Gasteiger partial charge in [-0.15, -0.1) is 0 Å². The summed E-state index contributed by atoms with van der Waals surface area (Å²) in [7, 11) is -3.06. The van der Waals surface area contributed by atoms with Crippen LogP contribution in [0, 0.1) is 0 Å². The van der Waals surface area contributed by atoms with Gasteiger partial charge in [-0.2, -0.15) is 0 Å². The number of hydrogen-bond acceptors (Lipinski definition) is 3. The van der Waals surface area contributed by atoms with Crippen molar-refractivity contribution in [1.29, 1.82) is 0 Å². The monoisotopic (exact) mass is 320 g/mol. The van der Waals surface area contributed by atoms with Crippen molar-refractivity contribution in [1.82, 2.24) is 0 Å². The Labute approximate surface area is 111 Å². The predicted molar refractivity (Wildman–Crippen MR) is 73.4 cm³/mol. The Kier molecular flexibility index (Phi) is 5.87. The fraction of sp³-hybridized carbons (Fsp3) is 0.500. The molecule has 0 bridgehead atoms. The van der Waals surface area contributed by atoms with Gasteiger partial charge in [-0.05, 0) is 38.5 Å². The lowest BCUT2D eigenvalue weighted by Gasteiger charge is -2.23. The summed E-state index contributed by atoms with van der Waals surface area (Å²) < 4.78 is 24.2. The van der Waals surface area contributed by atoms with Crippen LogP contribution in [0.2, 0.25) is 0 Å². The second-order valence-electron chi connectivity index (χ2n) is 3.60. The van der Waals surface area contributed by atoms with Crippen molar-refractivity contribution in [2.45, 2.75) is 26.4 Å². The van der Waals surface area contributed by atoms with Gasteiger partial charge in [-0.3, -0.25) is 4.57 Å². The van der Waals surface area contributed by atoms with Gasteiger partial charge in [0.1, 0.15) is 0 Å². The van der Waals surface area contributed by atoms with Gasteiger partial charge in [0.25, 0.3) is 0 Å². The van der Waals surface area contributed by atoms with E-state index in [1.807, 2.05) is 45.0 Å². The maximum Gasteiger partial charge on any atom is 0.337 e. The molecule has 0 N–H and O–H groups in total. The molecule has 0 heterocycles. The van der Waals surface area contributed by atoms with Crippen LogP contribution in [0.25, 0.3) is 0 Å². The maximum atomic E-state index is 12.5. The average Bonchev–Trinajstić information content (AvgIpc) is 2.30. The second-order valence-corrected chi connectivity index (χ2v) is 6.89. The molecule has 1 atom stereocenters. The van der Waals surface area contributed by atoms with Crippen LogP contribution in [0.4, 0.5) is 0 Å². The van der Waals surface area contributed by atoms with Gasteiger partial charge in [-0.25, -0.2) is 0 Å². The van der Waals surface area contributed by atoms with E-state index in [1.54, 1.807) is 0 Å². The minimum atomic E-state index is -3.06. The standard InChI is InChI=1S/C12H18BrO3P/c1-4-15-17(14,16-5-2)10(3)11-6-8-12(13)9-7-11/h6-10H,4-5H2,1-3H3. The SMILES string of the molecule is CCOP(=O)(OCC)C(C)c1ccc(Br)cc1. The molecule has 0 spiro atoms. The van der Waals surface area contributed by atoms with E-state index >= 15 is 0 Å². The van der Waals surface area contributed by atoms with Crippen molar-refractivity contribution in [3.05, 3.63) is 34.3 Å². The summed E-state index contributed by atoms with van der Waals surface area (Å²) in [6.07, 6.45) is 0. The molecule has 1 rings (SSSR count). The third kappa shape index (κ3) is 3.92. The van der Waals surface area contributed by atoms with Crippen molar-refractivity contribution in [3.63, 3.8) is 0 Å². The Bertz CT molecular complexity index is 381. The van der Waals surface area contributed by atoms with Gasteiger partial charge in [0.15, 0.2) is 0 Å². The lowest BCUT2D eigenvalue weighted by Crippen LogP contribution is -2.03. The zero-order chi connectivity index (χ0) is 12.9. The van der Waals surface area contributed by atoms with E-state index in [1.165, 1.54) is 0 Å². The summed E-state index contributed by atoms with van der Waals surface area (Å²) in [4.78, 5) is 0. The van der Waals surface area contributed by atoms with E-state index in [4.69, 9.17) is 9.05 Å². The van der Waals surface area contributed by atoms with Crippen LogP contribution in [0.5, 0.6) is 0 Å². The smallest absolute Gasteiger partial charge is 0.308 e. The molecule has 3 nitrogen and oxygen atoms in total. The van der Waals surface area contributed by atoms with Gasteiger partial charge < -0.3 is 9.05 Å². The molecule has 96 valence electrons. The first-order valence-electron chi connectivity index (χ1n) is 5.67. The molecule has 0 fully saturated rings. The number of hydrogen-bond donors (Lipinski definition) is 0. The van der Waals surface area contributed by atoms with Gasteiger partial charge in [-0.1, -0.05) is 28.1 Å². The fourth-order valence-electron chi connectivity index (χ4n) is 1.54. The van der Waals surface area contributed by atoms with Gasteiger partial charge in [0.2, 0.25) is 0 Å². The van der Waals surface area contributed by atoms with Crippen molar-refractivity contribution < 1.29 is 13.6 Å². The van der Waals surface area contributed by atoms with Crippen LogP contribution in [-0.4, -0.2) is 13.2 Å². The summed E-state index contributed by atoms with van der Waals surface area (Å²) in [6, 6.07) is 7.71. The Morgan fingerprint density at radius 3 is 2.06 bits per heavy atom. The van der Waals surface area contributed by atoms with E-state index in [2.05, 4.69) is 15.9 Å². The lowest BCUT2D eigenvalue weighted by atomic mass is 10.2. The van der Waals surface area contributed by atoms with Crippen LogP contribution in [0.15, 0.2) is 28.7 Å². The highest BCUT2D eigenvalue weighted by Crippen LogP contribution is 2.60. The number of benzene rings is 1. The molecule has 0 saturated heterocycles. The molecule has 0 aliphatic heterocycles. The first kappa shape index (κ1) is 14.9. The van der Waals surface area contributed by atoms with Gasteiger partial charge in [0, 0.05) is 4.47 Å². The van der Waals surface area contributed by atoms with Crippen molar-refractivity contribution in [3.8, 4) is 0 Å². The Morgan fingerprint density at radius 2 is 1.65 bits per heavy atom. The van der Waals surface area contributed by atoms with Crippen LogP contribution in [-0.2, 0) is 13.6 Å². The largest absolute Gasteiger partial charge is 0.337 e. The molecule has 0 radical (unpaired) electrons. The fourth-order valence-corrected chi connectivity index (χ4v) is 3.59. The number of halogens is 1. The molecule has 0 aliphatic carbocycles. The van der Waals surface area contributed by atoms with Gasteiger partial charge in [0.05, 0.1) is 18.9 Å². The minimum absolute atomic E-state index is 0.254. The highest BCUT2D eigenvalue weighted by Gasteiger charge is 2.32. The van der Waals surface area contributed by atoms with Crippen LogP contribution >= 0.6 is 23.5 Å². The predicted octanol–water partition coefficient (Wildman–Crippen LogP) is 4.78. The summed E-state index contributed by atoms with van der Waals surface area (Å²) in [5.74, 6) is 0. The minimum Gasteiger partial charge on any atom is -0.308 e. The molecular formula is C12H18BrO3P. The Morgan fingerprint density at radius 1 is 1.18 bits per heavy atom. The van der Waals surface area contributed by atoms with Crippen LogP contribution in [0.1, 0.15) is 32.0 Å². The van der Waals surface area contributed by atoms with Crippen molar-refractivity contribution >= 4 is 23.5 Å². The first-order valence-corrected chi connectivity index (χ1v) is 8.08. The van der Waals surface area contributed by atoms with E-state index in [-0.39, 0.29) is 5.66 Å². The van der Waals surface area contributed by atoms with E-state index in [0.29, 0.717) is 13.2 Å². The molecular weight excluding hydrogens is 303 g/mol. The van der Waals surface area contributed by atoms with Gasteiger partial charge >= 0.3 is 7.60 Å². The van der Waals surface area contributed by atoms with E-state index in [9.17, 15) is 4.57 Å². The molecule has 1 aromatic carbocycles. The Balaban J connectivity index is 2.95. The highest BCUT2D eigenvalue weighted by atomic mass is 79.9. The molecule has 1 aromatic rings. The summed E-state index contributed by atoms with van der Waals surface area (Å²) in [5, 5.41) is 0. The third-order valence-electron chi connectivity index (χ3n) is 2.44.